The van der Waals surface area contributed by atoms with Gasteiger partial charge in [0.1, 0.15) is 5.75 Å². The summed E-state index contributed by atoms with van der Waals surface area (Å²) in [4.78, 5) is 0. The third-order valence-corrected chi connectivity index (χ3v) is 1.13. The van der Waals surface area contributed by atoms with Gasteiger partial charge in [-0.2, -0.15) is 9.90 Å². The maximum atomic E-state index is 9.04. The Morgan fingerprint density at radius 3 is 2.45 bits per heavy atom. The lowest BCUT2D eigenvalue weighted by atomic mass is 10.2. The molecule has 0 bridgehead atoms. The van der Waals surface area contributed by atoms with Crippen LogP contribution < -0.4 is 0 Å². The molecule has 3 nitrogen and oxygen atoms in total. The molecule has 60 valence electrons. The number of rotatable bonds is 1. The molecule has 0 aliphatic rings. The summed E-state index contributed by atoms with van der Waals surface area (Å²) in [6.45, 7) is 0. The Kier molecular flexibility index (Phi) is 4.23. The van der Waals surface area contributed by atoms with Crippen molar-refractivity contribution in [1.82, 2.24) is 0 Å². The SMILES string of the molecule is ON=Cc1ccccc1O.P. The Bertz CT molecular complexity index is 250. The molecule has 0 saturated carbocycles. The standard InChI is InChI=1S/C7H7NO2.H3P/c9-7-4-2-1-3-6(7)5-8-10;/h1-5,9-10H;1H3. The average Bonchev–Trinajstić information content (AvgIpc) is 1.94. The summed E-state index contributed by atoms with van der Waals surface area (Å²) in [6.07, 6.45) is 1.18. The first-order chi connectivity index (χ1) is 4.84. The Hall–Kier alpha value is -1.08. The van der Waals surface area contributed by atoms with Gasteiger partial charge in [0, 0.05) is 5.56 Å². The molecule has 0 fully saturated rings. The van der Waals surface area contributed by atoms with Crippen molar-refractivity contribution >= 4 is 16.1 Å². The lowest BCUT2D eigenvalue weighted by Crippen LogP contribution is -1.79. The van der Waals surface area contributed by atoms with Crippen LogP contribution in [0.5, 0.6) is 5.75 Å². The van der Waals surface area contributed by atoms with E-state index in [1.807, 2.05) is 0 Å². The van der Waals surface area contributed by atoms with Gasteiger partial charge in [-0.05, 0) is 12.1 Å². The smallest absolute Gasteiger partial charge is 0.124 e. The largest absolute Gasteiger partial charge is 0.507 e. The van der Waals surface area contributed by atoms with E-state index < -0.39 is 0 Å². The predicted octanol–water partition coefficient (Wildman–Crippen LogP) is 1.26. The Morgan fingerprint density at radius 1 is 1.27 bits per heavy atom. The second-order valence-electron chi connectivity index (χ2n) is 1.80. The van der Waals surface area contributed by atoms with Crippen molar-refractivity contribution in [1.29, 1.82) is 0 Å². The highest BCUT2D eigenvalue weighted by atomic mass is 31.0. The van der Waals surface area contributed by atoms with Gasteiger partial charge < -0.3 is 10.3 Å². The van der Waals surface area contributed by atoms with Crippen LogP contribution in [0.3, 0.4) is 0 Å². The van der Waals surface area contributed by atoms with Gasteiger partial charge in [0.2, 0.25) is 0 Å². The Balaban J connectivity index is 0.000001000. The van der Waals surface area contributed by atoms with Gasteiger partial charge in [-0.1, -0.05) is 17.3 Å². The quantitative estimate of drug-likeness (QED) is 0.289. The van der Waals surface area contributed by atoms with Crippen LogP contribution in [0.15, 0.2) is 29.4 Å². The van der Waals surface area contributed by atoms with E-state index in [0.29, 0.717) is 5.56 Å². The molecule has 0 heterocycles. The maximum Gasteiger partial charge on any atom is 0.124 e. The van der Waals surface area contributed by atoms with Gasteiger partial charge in [-0.15, -0.1) is 0 Å². The van der Waals surface area contributed by atoms with Crippen molar-refractivity contribution in [3.05, 3.63) is 29.8 Å². The van der Waals surface area contributed by atoms with Gasteiger partial charge in [0.15, 0.2) is 0 Å². The molecule has 11 heavy (non-hydrogen) atoms. The van der Waals surface area contributed by atoms with Crippen molar-refractivity contribution in [3.8, 4) is 5.75 Å². The first-order valence-corrected chi connectivity index (χ1v) is 2.80. The zero-order valence-corrected chi connectivity index (χ0v) is 7.35. The Morgan fingerprint density at radius 2 is 1.91 bits per heavy atom. The highest BCUT2D eigenvalue weighted by Gasteiger charge is 1.92. The monoisotopic (exact) mass is 171 g/mol. The second kappa shape index (κ2) is 4.69. The molecule has 0 aromatic heterocycles. The normalized spacial score (nSPS) is 9.45. The molecule has 1 aromatic rings. The molecular weight excluding hydrogens is 161 g/mol. The zero-order valence-electron chi connectivity index (χ0n) is 5.94. The second-order valence-corrected chi connectivity index (χ2v) is 1.80. The van der Waals surface area contributed by atoms with Crippen LogP contribution in [0.25, 0.3) is 0 Å². The van der Waals surface area contributed by atoms with Gasteiger partial charge in [0.25, 0.3) is 0 Å². The first kappa shape index (κ1) is 9.92. The van der Waals surface area contributed by atoms with Crippen LogP contribution in [-0.2, 0) is 0 Å². The molecule has 0 aliphatic heterocycles. The van der Waals surface area contributed by atoms with Crippen molar-refractivity contribution in [2.75, 3.05) is 0 Å². The number of benzene rings is 1. The van der Waals surface area contributed by atoms with E-state index in [1.54, 1.807) is 18.2 Å². The number of oxime groups is 1. The third-order valence-electron chi connectivity index (χ3n) is 1.13. The van der Waals surface area contributed by atoms with Crippen LogP contribution in [0.1, 0.15) is 5.56 Å². The fourth-order valence-corrected chi connectivity index (χ4v) is 0.659. The fraction of sp³-hybridized carbons (Fsp3) is 0. The molecule has 2 N–H and O–H groups in total. The summed E-state index contributed by atoms with van der Waals surface area (Å²) < 4.78 is 0. The molecule has 1 unspecified atom stereocenters. The number of phenols is 1. The van der Waals surface area contributed by atoms with Crippen molar-refractivity contribution in [2.45, 2.75) is 0 Å². The van der Waals surface area contributed by atoms with Gasteiger partial charge in [0.05, 0.1) is 6.21 Å². The van der Waals surface area contributed by atoms with Crippen LogP contribution >= 0.6 is 9.90 Å². The summed E-state index contributed by atoms with van der Waals surface area (Å²) in [5, 5.41) is 19.9. The minimum Gasteiger partial charge on any atom is -0.507 e. The average molecular weight is 171 g/mol. The minimum absolute atomic E-state index is 0. The summed E-state index contributed by atoms with van der Waals surface area (Å²) in [5.74, 6) is 0.111. The number of hydrogen-bond donors (Lipinski definition) is 2. The fourth-order valence-electron chi connectivity index (χ4n) is 0.659. The number of para-hydroxylation sites is 1. The third kappa shape index (κ3) is 2.56. The highest BCUT2D eigenvalue weighted by Crippen LogP contribution is 2.12. The first-order valence-electron chi connectivity index (χ1n) is 2.80. The maximum absolute atomic E-state index is 9.04. The number of nitrogens with zero attached hydrogens (tertiary/aromatic N) is 1. The van der Waals surface area contributed by atoms with Crippen LogP contribution in [0.4, 0.5) is 0 Å². The molecule has 0 spiro atoms. The molecule has 0 saturated heterocycles. The lowest BCUT2D eigenvalue weighted by Gasteiger charge is -1.93. The van der Waals surface area contributed by atoms with Gasteiger partial charge in [-0.3, -0.25) is 0 Å². The van der Waals surface area contributed by atoms with Gasteiger partial charge >= 0.3 is 0 Å². The molecule has 4 heteroatoms. The van der Waals surface area contributed by atoms with Gasteiger partial charge in [-0.25, -0.2) is 0 Å². The minimum atomic E-state index is 0. The van der Waals surface area contributed by atoms with Crippen molar-refractivity contribution < 1.29 is 10.3 Å². The van der Waals surface area contributed by atoms with E-state index >= 15 is 0 Å². The highest BCUT2D eigenvalue weighted by molar-refractivity contribution is 6.92. The molecule has 1 rings (SSSR count). The number of aromatic hydroxyl groups is 1. The van der Waals surface area contributed by atoms with Crippen molar-refractivity contribution in [3.63, 3.8) is 0 Å². The molecule has 0 amide bonds. The van der Waals surface area contributed by atoms with Crippen LogP contribution in [0.2, 0.25) is 0 Å². The lowest BCUT2D eigenvalue weighted by molar-refractivity contribution is 0.321. The topological polar surface area (TPSA) is 52.8 Å². The van der Waals surface area contributed by atoms with E-state index in [-0.39, 0.29) is 15.6 Å². The zero-order chi connectivity index (χ0) is 7.40. The van der Waals surface area contributed by atoms with Crippen LogP contribution in [-0.4, -0.2) is 16.5 Å². The summed E-state index contributed by atoms with van der Waals surface area (Å²) in [6, 6.07) is 6.62. The van der Waals surface area contributed by atoms with E-state index in [0.717, 1.165) is 0 Å². The summed E-state index contributed by atoms with van der Waals surface area (Å²) in [7, 11) is 0. The number of phenolic OH excluding ortho intramolecular Hbond substituents is 1. The van der Waals surface area contributed by atoms with E-state index in [9.17, 15) is 0 Å². The predicted molar refractivity (Wildman–Crippen MR) is 48.6 cm³/mol. The molecule has 0 aliphatic carbocycles. The molecular formula is C7H10NO2P. The molecule has 1 aromatic carbocycles. The summed E-state index contributed by atoms with van der Waals surface area (Å²) in [5.41, 5.74) is 0.505. The Labute approximate surface area is 68.0 Å². The number of hydrogen-bond acceptors (Lipinski definition) is 3. The van der Waals surface area contributed by atoms with E-state index in [4.69, 9.17) is 10.3 Å². The molecule has 1 atom stereocenters. The van der Waals surface area contributed by atoms with E-state index in [2.05, 4.69) is 5.16 Å². The van der Waals surface area contributed by atoms with E-state index in [1.165, 1.54) is 12.3 Å². The molecule has 0 radical (unpaired) electrons. The van der Waals surface area contributed by atoms with Crippen LogP contribution in [0, 0.1) is 0 Å². The van der Waals surface area contributed by atoms with Crippen molar-refractivity contribution in [2.24, 2.45) is 5.16 Å². The summed E-state index contributed by atoms with van der Waals surface area (Å²) >= 11 is 0.